The van der Waals surface area contributed by atoms with Gasteiger partial charge in [-0.05, 0) is 50.7 Å². The second-order valence-electron chi connectivity index (χ2n) is 5.40. The number of piperidine rings is 1. The SMILES string of the molecule is CNC(=O)C(CC(C)C)NCC1CCNCC1. The van der Waals surface area contributed by atoms with E-state index in [9.17, 15) is 4.79 Å². The molecule has 1 heterocycles. The summed E-state index contributed by atoms with van der Waals surface area (Å²) in [5, 5.41) is 9.54. The van der Waals surface area contributed by atoms with Crippen LogP contribution in [0.4, 0.5) is 0 Å². The summed E-state index contributed by atoms with van der Waals surface area (Å²) in [7, 11) is 1.71. The third kappa shape index (κ3) is 5.50. The molecule has 3 N–H and O–H groups in total. The van der Waals surface area contributed by atoms with Gasteiger partial charge in [-0.3, -0.25) is 4.79 Å². The molecule has 0 spiro atoms. The van der Waals surface area contributed by atoms with Crippen molar-refractivity contribution >= 4 is 5.91 Å². The topological polar surface area (TPSA) is 53.2 Å². The van der Waals surface area contributed by atoms with Crippen molar-refractivity contribution in [2.75, 3.05) is 26.7 Å². The van der Waals surface area contributed by atoms with Crippen LogP contribution in [0.25, 0.3) is 0 Å². The molecule has 1 saturated heterocycles. The quantitative estimate of drug-likeness (QED) is 0.643. The molecular formula is C13H27N3O. The lowest BCUT2D eigenvalue weighted by Gasteiger charge is -2.26. The Labute approximate surface area is 105 Å². The average Bonchev–Trinajstić information content (AvgIpc) is 2.34. The Balaban J connectivity index is 2.34. The van der Waals surface area contributed by atoms with Crippen molar-refractivity contribution in [3.8, 4) is 0 Å². The van der Waals surface area contributed by atoms with Crippen molar-refractivity contribution in [3.05, 3.63) is 0 Å². The van der Waals surface area contributed by atoms with Gasteiger partial charge in [-0.1, -0.05) is 13.8 Å². The van der Waals surface area contributed by atoms with Gasteiger partial charge in [-0.25, -0.2) is 0 Å². The first-order valence-electron chi connectivity index (χ1n) is 6.79. The van der Waals surface area contributed by atoms with Crippen molar-refractivity contribution in [2.24, 2.45) is 11.8 Å². The molecule has 0 bridgehead atoms. The Kier molecular flexibility index (Phi) is 6.52. The van der Waals surface area contributed by atoms with E-state index in [0.29, 0.717) is 5.92 Å². The monoisotopic (exact) mass is 241 g/mol. The van der Waals surface area contributed by atoms with Gasteiger partial charge in [0.15, 0.2) is 0 Å². The maximum atomic E-state index is 11.7. The zero-order valence-corrected chi connectivity index (χ0v) is 11.4. The maximum absolute atomic E-state index is 11.7. The number of likely N-dealkylation sites (N-methyl/N-ethyl adjacent to an activating group) is 1. The van der Waals surface area contributed by atoms with Crippen LogP contribution in [-0.2, 0) is 4.79 Å². The minimum absolute atomic E-state index is 0.0325. The summed E-state index contributed by atoms with van der Waals surface area (Å²) in [5.41, 5.74) is 0. The van der Waals surface area contributed by atoms with E-state index >= 15 is 0 Å². The number of nitrogens with one attached hydrogen (secondary N) is 3. The van der Waals surface area contributed by atoms with Crippen LogP contribution in [0.3, 0.4) is 0 Å². The van der Waals surface area contributed by atoms with Gasteiger partial charge in [0.25, 0.3) is 0 Å². The van der Waals surface area contributed by atoms with Gasteiger partial charge in [0.1, 0.15) is 0 Å². The van der Waals surface area contributed by atoms with E-state index in [4.69, 9.17) is 0 Å². The Morgan fingerprint density at radius 3 is 2.53 bits per heavy atom. The van der Waals surface area contributed by atoms with Crippen molar-refractivity contribution < 1.29 is 4.79 Å². The van der Waals surface area contributed by atoms with E-state index < -0.39 is 0 Å². The molecule has 100 valence electrons. The van der Waals surface area contributed by atoms with Crippen LogP contribution in [0, 0.1) is 11.8 Å². The van der Waals surface area contributed by atoms with Gasteiger partial charge in [0, 0.05) is 7.05 Å². The normalized spacial score (nSPS) is 19.3. The predicted octanol–water partition coefficient (Wildman–Crippen LogP) is 0.736. The summed E-state index contributed by atoms with van der Waals surface area (Å²) in [6, 6.07) is -0.0325. The molecule has 0 aromatic heterocycles. The van der Waals surface area contributed by atoms with Crippen molar-refractivity contribution in [2.45, 2.75) is 39.2 Å². The third-order valence-electron chi connectivity index (χ3n) is 3.38. The number of hydrogen-bond acceptors (Lipinski definition) is 3. The van der Waals surface area contributed by atoms with Gasteiger partial charge in [0.05, 0.1) is 6.04 Å². The van der Waals surface area contributed by atoms with Gasteiger partial charge in [-0.15, -0.1) is 0 Å². The largest absolute Gasteiger partial charge is 0.358 e. The molecule has 0 saturated carbocycles. The van der Waals surface area contributed by atoms with Crippen LogP contribution in [0.15, 0.2) is 0 Å². The molecule has 1 aliphatic rings. The highest BCUT2D eigenvalue weighted by atomic mass is 16.2. The number of rotatable bonds is 6. The van der Waals surface area contributed by atoms with Crippen molar-refractivity contribution in [1.82, 2.24) is 16.0 Å². The summed E-state index contributed by atoms with van der Waals surface area (Å²) in [5.74, 6) is 1.38. The van der Waals surface area contributed by atoms with E-state index in [0.717, 1.165) is 32.0 Å². The van der Waals surface area contributed by atoms with Crippen LogP contribution < -0.4 is 16.0 Å². The highest BCUT2D eigenvalue weighted by Gasteiger charge is 2.20. The van der Waals surface area contributed by atoms with E-state index in [1.807, 2.05) is 0 Å². The molecule has 4 nitrogen and oxygen atoms in total. The molecule has 1 rings (SSSR count). The summed E-state index contributed by atoms with van der Waals surface area (Å²) < 4.78 is 0. The Hall–Kier alpha value is -0.610. The number of hydrogen-bond donors (Lipinski definition) is 3. The fourth-order valence-corrected chi connectivity index (χ4v) is 2.32. The van der Waals surface area contributed by atoms with Gasteiger partial charge in [-0.2, -0.15) is 0 Å². The van der Waals surface area contributed by atoms with E-state index in [1.54, 1.807) is 7.05 Å². The molecule has 17 heavy (non-hydrogen) atoms. The lowest BCUT2D eigenvalue weighted by atomic mass is 9.96. The number of carbonyl (C=O) groups excluding carboxylic acids is 1. The molecule has 1 unspecified atom stereocenters. The Morgan fingerprint density at radius 1 is 1.35 bits per heavy atom. The molecular weight excluding hydrogens is 214 g/mol. The molecule has 0 aromatic rings. The summed E-state index contributed by atoms with van der Waals surface area (Å²) in [6.45, 7) is 7.50. The van der Waals surface area contributed by atoms with Crippen LogP contribution in [0.5, 0.6) is 0 Å². The maximum Gasteiger partial charge on any atom is 0.236 e. The second-order valence-corrected chi connectivity index (χ2v) is 5.40. The Morgan fingerprint density at radius 2 is 2.00 bits per heavy atom. The minimum atomic E-state index is -0.0325. The molecule has 1 amide bonds. The van der Waals surface area contributed by atoms with Crippen molar-refractivity contribution in [3.63, 3.8) is 0 Å². The van der Waals surface area contributed by atoms with Gasteiger partial charge in [0.2, 0.25) is 5.91 Å². The highest BCUT2D eigenvalue weighted by Crippen LogP contribution is 2.11. The number of carbonyl (C=O) groups is 1. The fraction of sp³-hybridized carbons (Fsp3) is 0.923. The van der Waals surface area contributed by atoms with Crippen LogP contribution in [0.1, 0.15) is 33.1 Å². The molecule has 0 radical (unpaired) electrons. The molecule has 0 aliphatic carbocycles. The smallest absolute Gasteiger partial charge is 0.236 e. The summed E-state index contributed by atoms with van der Waals surface area (Å²) in [4.78, 5) is 11.7. The zero-order chi connectivity index (χ0) is 12.7. The molecule has 0 aromatic carbocycles. The molecule has 1 aliphatic heterocycles. The predicted molar refractivity (Wildman–Crippen MR) is 70.9 cm³/mol. The van der Waals surface area contributed by atoms with Gasteiger partial charge >= 0.3 is 0 Å². The van der Waals surface area contributed by atoms with Crippen LogP contribution in [-0.4, -0.2) is 38.6 Å². The average molecular weight is 241 g/mol. The third-order valence-corrected chi connectivity index (χ3v) is 3.38. The van der Waals surface area contributed by atoms with Crippen LogP contribution in [0.2, 0.25) is 0 Å². The van der Waals surface area contributed by atoms with E-state index in [2.05, 4.69) is 29.8 Å². The lowest BCUT2D eigenvalue weighted by molar-refractivity contribution is -0.123. The summed E-state index contributed by atoms with van der Waals surface area (Å²) >= 11 is 0. The van der Waals surface area contributed by atoms with E-state index in [1.165, 1.54) is 12.8 Å². The second kappa shape index (κ2) is 7.67. The lowest BCUT2D eigenvalue weighted by Crippen LogP contribution is -2.46. The van der Waals surface area contributed by atoms with Gasteiger partial charge < -0.3 is 16.0 Å². The Bertz CT molecular complexity index is 225. The first-order valence-corrected chi connectivity index (χ1v) is 6.79. The number of amides is 1. The standard InChI is InChI=1S/C13H27N3O/c1-10(2)8-12(13(17)14-3)16-9-11-4-6-15-7-5-11/h10-12,15-16H,4-9H2,1-3H3,(H,14,17). The first kappa shape index (κ1) is 14.5. The summed E-state index contributed by atoms with van der Waals surface area (Å²) in [6.07, 6.45) is 3.34. The van der Waals surface area contributed by atoms with Crippen molar-refractivity contribution in [1.29, 1.82) is 0 Å². The molecule has 1 fully saturated rings. The van der Waals surface area contributed by atoms with Crippen LogP contribution >= 0.6 is 0 Å². The molecule has 4 heteroatoms. The van der Waals surface area contributed by atoms with E-state index in [-0.39, 0.29) is 11.9 Å². The molecule has 1 atom stereocenters. The highest BCUT2D eigenvalue weighted by molar-refractivity contribution is 5.81. The zero-order valence-electron chi connectivity index (χ0n) is 11.4. The first-order chi connectivity index (χ1) is 8.13. The minimum Gasteiger partial charge on any atom is -0.358 e. The fourth-order valence-electron chi connectivity index (χ4n) is 2.32.